The summed E-state index contributed by atoms with van der Waals surface area (Å²) in [6, 6.07) is 6.51. The molecule has 13 heteroatoms. The van der Waals surface area contributed by atoms with Crippen LogP contribution in [0.15, 0.2) is 36.5 Å². The fraction of sp³-hybridized carbons (Fsp3) is 0.400. The Hall–Kier alpha value is -2.57. The highest BCUT2D eigenvalue weighted by Crippen LogP contribution is 2.35. The van der Waals surface area contributed by atoms with Crippen molar-refractivity contribution in [1.29, 1.82) is 0 Å². The van der Waals surface area contributed by atoms with Crippen LogP contribution in [0.1, 0.15) is 25.8 Å². The summed E-state index contributed by atoms with van der Waals surface area (Å²) >= 11 is 5.82. The summed E-state index contributed by atoms with van der Waals surface area (Å²) in [6.45, 7) is 3.26. The van der Waals surface area contributed by atoms with Gasteiger partial charge in [0, 0.05) is 6.20 Å². The number of alkyl halides is 3. The molecule has 0 saturated heterocycles. The van der Waals surface area contributed by atoms with Crippen molar-refractivity contribution in [2.45, 2.75) is 38.7 Å². The quantitative estimate of drug-likeness (QED) is 0.336. The number of hydrogen-bond acceptors (Lipinski definition) is 8. The van der Waals surface area contributed by atoms with Crippen LogP contribution in [0.5, 0.6) is 17.4 Å². The summed E-state index contributed by atoms with van der Waals surface area (Å²) in [6.07, 6.45) is -5.47. The summed E-state index contributed by atoms with van der Waals surface area (Å²) < 4.78 is 82.0. The van der Waals surface area contributed by atoms with E-state index in [0.717, 1.165) is 6.26 Å². The molecular weight excluding hydrogens is 491 g/mol. The van der Waals surface area contributed by atoms with E-state index in [9.17, 15) is 26.4 Å². The van der Waals surface area contributed by atoms with E-state index in [4.69, 9.17) is 30.0 Å². The van der Waals surface area contributed by atoms with Gasteiger partial charge in [-0.1, -0.05) is 11.6 Å². The Morgan fingerprint density at radius 3 is 2.30 bits per heavy atom. The number of halogens is 4. The van der Waals surface area contributed by atoms with Gasteiger partial charge in [-0.05, 0) is 44.2 Å². The number of carbonyl (C=O) groups is 1. The zero-order chi connectivity index (χ0) is 24.8. The SMILES string of the molecule is CCOC(=O)CC(OS(C)(=O)=O)C(C)Oc1ccc(Oc2ncc(C(F)(F)F)cc2Cl)cc1. The average molecular weight is 512 g/mol. The van der Waals surface area contributed by atoms with Crippen LogP contribution in [0.3, 0.4) is 0 Å². The third kappa shape index (κ3) is 8.71. The molecular formula is C20H21ClF3NO7S. The van der Waals surface area contributed by atoms with E-state index in [1.165, 1.54) is 31.2 Å². The van der Waals surface area contributed by atoms with Gasteiger partial charge in [-0.3, -0.25) is 8.98 Å². The molecule has 33 heavy (non-hydrogen) atoms. The molecule has 8 nitrogen and oxygen atoms in total. The van der Waals surface area contributed by atoms with E-state index < -0.39 is 40.0 Å². The molecule has 0 amide bonds. The highest BCUT2D eigenvalue weighted by molar-refractivity contribution is 7.86. The molecule has 0 saturated carbocycles. The van der Waals surface area contributed by atoms with Crippen molar-refractivity contribution in [3.63, 3.8) is 0 Å². The average Bonchev–Trinajstić information content (AvgIpc) is 2.68. The number of benzene rings is 1. The molecule has 0 bridgehead atoms. The van der Waals surface area contributed by atoms with Gasteiger partial charge >= 0.3 is 12.1 Å². The van der Waals surface area contributed by atoms with Gasteiger partial charge in [-0.2, -0.15) is 21.6 Å². The minimum Gasteiger partial charge on any atom is -0.488 e. The van der Waals surface area contributed by atoms with Crippen LogP contribution in [-0.2, 0) is 30.0 Å². The van der Waals surface area contributed by atoms with Crippen LogP contribution in [-0.4, -0.2) is 44.4 Å². The first-order valence-electron chi connectivity index (χ1n) is 9.49. The molecule has 2 aromatic rings. The highest BCUT2D eigenvalue weighted by Gasteiger charge is 2.32. The summed E-state index contributed by atoms with van der Waals surface area (Å²) in [4.78, 5) is 15.4. The molecule has 2 unspecified atom stereocenters. The fourth-order valence-electron chi connectivity index (χ4n) is 2.53. The molecule has 0 aliphatic rings. The number of carbonyl (C=O) groups excluding carboxylic acids is 1. The molecule has 0 aliphatic heterocycles. The van der Waals surface area contributed by atoms with Gasteiger partial charge in [0.1, 0.15) is 28.7 Å². The van der Waals surface area contributed by atoms with Crippen LogP contribution < -0.4 is 9.47 Å². The topological polar surface area (TPSA) is 101 Å². The molecule has 2 atom stereocenters. The first-order valence-corrected chi connectivity index (χ1v) is 11.7. The smallest absolute Gasteiger partial charge is 0.417 e. The van der Waals surface area contributed by atoms with Gasteiger partial charge in [0.2, 0.25) is 5.88 Å². The molecule has 182 valence electrons. The monoisotopic (exact) mass is 511 g/mol. The second-order valence-corrected chi connectivity index (χ2v) is 8.76. The van der Waals surface area contributed by atoms with Gasteiger partial charge in [0.15, 0.2) is 0 Å². The van der Waals surface area contributed by atoms with Crippen molar-refractivity contribution < 1.29 is 44.8 Å². The number of hydrogen-bond donors (Lipinski definition) is 0. The lowest BCUT2D eigenvalue weighted by Gasteiger charge is -2.23. The van der Waals surface area contributed by atoms with Crippen LogP contribution in [0.4, 0.5) is 13.2 Å². The first-order chi connectivity index (χ1) is 15.3. The summed E-state index contributed by atoms with van der Waals surface area (Å²) in [7, 11) is -3.88. The third-order valence-corrected chi connectivity index (χ3v) is 4.86. The second-order valence-electron chi connectivity index (χ2n) is 6.75. The fourth-order valence-corrected chi connectivity index (χ4v) is 3.41. The van der Waals surface area contributed by atoms with Crippen LogP contribution in [0.2, 0.25) is 5.02 Å². The van der Waals surface area contributed by atoms with E-state index in [1.807, 2.05) is 0 Å². The molecule has 0 fully saturated rings. The van der Waals surface area contributed by atoms with E-state index in [2.05, 4.69) is 4.98 Å². The van der Waals surface area contributed by atoms with Crippen LogP contribution in [0, 0.1) is 0 Å². The molecule has 2 rings (SSSR count). The van der Waals surface area contributed by atoms with Crippen molar-refractivity contribution in [1.82, 2.24) is 4.98 Å². The molecule has 1 aromatic carbocycles. The third-order valence-electron chi connectivity index (χ3n) is 3.99. The summed E-state index contributed by atoms with van der Waals surface area (Å²) in [5.41, 5.74) is -1.01. The lowest BCUT2D eigenvalue weighted by molar-refractivity contribution is -0.146. The number of nitrogens with zero attached hydrogens (tertiary/aromatic N) is 1. The molecule has 1 heterocycles. The van der Waals surface area contributed by atoms with Crippen LogP contribution >= 0.6 is 11.6 Å². The minimum atomic E-state index is -4.59. The second kappa shape index (κ2) is 11.0. The number of ether oxygens (including phenoxy) is 3. The summed E-state index contributed by atoms with van der Waals surface area (Å²) in [5.74, 6) is -0.374. The highest BCUT2D eigenvalue weighted by atomic mass is 35.5. The van der Waals surface area contributed by atoms with Crippen molar-refractivity contribution >= 4 is 27.7 Å². The van der Waals surface area contributed by atoms with Gasteiger partial charge in [0.25, 0.3) is 10.1 Å². The predicted octanol–water partition coefficient (Wildman–Crippen LogP) is 4.61. The number of pyridine rings is 1. The maximum Gasteiger partial charge on any atom is 0.417 e. The lowest BCUT2D eigenvalue weighted by Crippen LogP contribution is -2.35. The number of aromatic nitrogens is 1. The Labute approximate surface area is 193 Å². The van der Waals surface area contributed by atoms with E-state index in [-0.39, 0.29) is 35.4 Å². The normalized spacial score (nSPS) is 13.8. The number of rotatable bonds is 10. The predicted molar refractivity (Wildman–Crippen MR) is 112 cm³/mol. The lowest BCUT2D eigenvalue weighted by atomic mass is 10.1. The Kier molecular flexibility index (Phi) is 8.92. The summed E-state index contributed by atoms with van der Waals surface area (Å²) in [5, 5.41) is -0.321. The molecule has 1 aromatic heterocycles. The van der Waals surface area contributed by atoms with Crippen molar-refractivity contribution in [2.75, 3.05) is 12.9 Å². The van der Waals surface area contributed by atoms with Crippen molar-refractivity contribution in [3.8, 4) is 17.4 Å². The van der Waals surface area contributed by atoms with Gasteiger partial charge in [-0.25, -0.2) is 4.98 Å². The molecule has 0 spiro atoms. The standard InChI is InChI=1S/C20H21ClF3NO7S/c1-4-29-18(26)10-17(32-33(3,27)28)12(2)30-14-5-7-15(8-6-14)31-19-16(21)9-13(11-25-19)20(22,23)24/h5-9,11-12,17H,4,10H2,1-3H3. The van der Waals surface area contributed by atoms with Gasteiger partial charge in [-0.15, -0.1) is 0 Å². The molecule has 0 radical (unpaired) electrons. The number of esters is 1. The maximum absolute atomic E-state index is 12.7. The first kappa shape index (κ1) is 26.7. The Balaban J connectivity index is 2.08. The van der Waals surface area contributed by atoms with Crippen LogP contribution in [0.25, 0.3) is 0 Å². The van der Waals surface area contributed by atoms with Crippen molar-refractivity contribution in [3.05, 3.63) is 47.1 Å². The zero-order valence-electron chi connectivity index (χ0n) is 17.8. The Morgan fingerprint density at radius 1 is 1.18 bits per heavy atom. The van der Waals surface area contributed by atoms with Gasteiger partial charge in [0.05, 0.1) is 24.8 Å². The molecule has 0 N–H and O–H groups in total. The van der Waals surface area contributed by atoms with Gasteiger partial charge < -0.3 is 14.2 Å². The molecule has 0 aliphatic carbocycles. The Morgan fingerprint density at radius 2 is 1.79 bits per heavy atom. The van der Waals surface area contributed by atoms with E-state index in [1.54, 1.807) is 6.92 Å². The zero-order valence-corrected chi connectivity index (χ0v) is 19.3. The minimum absolute atomic E-state index is 0.124. The largest absolute Gasteiger partial charge is 0.488 e. The van der Waals surface area contributed by atoms with E-state index in [0.29, 0.717) is 12.3 Å². The maximum atomic E-state index is 12.7. The Bertz CT molecular complexity index is 1060. The van der Waals surface area contributed by atoms with E-state index >= 15 is 0 Å². The van der Waals surface area contributed by atoms with Crippen molar-refractivity contribution in [2.24, 2.45) is 0 Å².